The molecule has 0 amide bonds. The van der Waals surface area contributed by atoms with E-state index in [2.05, 4.69) is 18.3 Å². The Morgan fingerprint density at radius 3 is 2.70 bits per heavy atom. The fourth-order valence-corrected chi connectivity index (χ4v) is 3.50. The Bertz CT molecular complexity index is 419. The van der Waals surface area contributed by atoms with Crippen molar-refractivity contribution in [2.75, 3.05) is 6.54 Å². The van der Waals surface area contributed by atoms with Gasteiger partial charge in [-0.1, -0.05) is 55.5 Å². The normalized spacial score (nSPS) is 23.6. The summed E-state index contributed by atoms with van der Waals surface area (Å²) in [6, 6.07) is 6.77. The second kappa shape index (κ2) is 8.26. The summed E-state index contributed by atoms with van der Waals surface area (Å²) in [6.45, 7) is 3.38. The van der Waals surface area contributed by atoms with Crippen molar-refractivity contribution >= 4 is 23.2 Å². The summed E-state index contributed by atoms with van der Waals surface area (Å²) in [7, 11) is 0. The van der Waals surface area contributed by atoms with E-state index in [-0.39, 0.29) is 0 Å². The number of benzene rings is 1. The van der Waals surface area contributed by atoms with Crippen LogP contribution in [0.15, 0.2) is 18.2 Å². The Labute approximate surface area is 133 Å². The molecular weight excluding hydrogens is 289 g/mol. The van der Waals surface area contributed by atoms with Gasteiger partial charge in [-0.3, -0.25) is 0 Å². The van der Waals surface area contributed by atoms with Gasteiger partial charge in [-0.25, -0.2) is 0 Å². The van der Waals surface area contributed by atoms with Gasteiger partial charge in [0.05, 0.1) is 10.0 Å². The third-order valence-corrected chi connectivity index (χ3v) is 4.96. The number of rotatable bonds is 5. The molecule has 1 nitrogen and oxygen atoms in total. The Morgan fingerprint density at radius 1 is 1.15 bits per heavy atom. The number of nitrogens with one attached hydrogen (secondary N) is 1. The van der Waals surface area contributed by atoms with E-state index in [0.717, 1.165) is 18.9 Å². The van der Waals surface area contributed by atoms with Gasteiger partial charge in [-0.05, 0) is 55.8 Å². The first-order chi connectivity index (χ1) is 9.69. The molecule has 1 aromatic rings. The van der Waals surface area contributed by atoms with Gasteiger partial charge in [0.15, 0.2) is 0 Å². The van der Waals surface area contributed by atoms with Crippen LogP contribution in [-0.4, -0.2) is 12.6 Å². The lowest BCUT2D eigenvalue weighted by Crippen LogP contribution is -2.31. The van der Waals surface area contributed by atoms with Crippen LogP contribution in [0.4, 0.5) is 0 Å². The molecule has 0 heterocycles. The van der Waals surface area contributed by atoms with Crippen molar-refractivity contribution in [3.63, 3.8) is 0 Å². The van der Waals surface area contributed by atoms with Crippen molar-refractivity contribution < 1.29 is 0 Å². The van der Waals surface area contributed by atoms with E-state index in [1.54, 1.807) is 0 Å². The molecule has 0 saturated heterocycles. The minimum absolute atomic E-state index is 0.652. The molecule has 112 valence electrons. The van der Waals surface area contributed by atoms with Crippen LogP contribution < -0.4 is 5.32 Å². The summed E-state index contributed by atoms with van der Waals surface area (Å²) in [6.07, 6.45) is 9.02. The van der Waals surface area contributed by atoms with E-state index in [0.29, 0.717) is 16.1 Å². The van der Waals surface area contributed by atoms with Gasteiger partial charge in [0.1, 0.15) is 0 Å². The third-order valence-electron chi connectivity index (χ3n) is 4.22. The molecule has 1 N–H and O–H groups in total. The van der Waals surface area contributed by atoms with Gasteiger partial charge in [-0.15, -0.1) is 0 Å². The SMILES string of the molecule is CCCNC1CCCCC(Cc2ccc(Cl)c(Cl)c2)C1. The molecule has 2 unspecified atom stereocenters. The summed E-state index contributed by atoms with van der Waals surface area (Å²) in [5.74, 6) is 0.768. The molecule has 2 atom stereocenters. The maximum absolute atomic E-state index is 6.12. The van der Waals surface area contributed by atoms with Gasteiger partial charge in [0, 0.05) is 6.04 Å². The third kappa shape index (κ3) is 4.95. The molecule has 0 bridgehead atoms. The summed E-state index contributed by atoms with van der Waals surface area (Å²) < 4.78 is 0. The van der Waals surface area contributed by atoms with Crippen molar-refractivity contribution in [3.8, 4) is 0 Å². The minimum Gasteiger partial charge on any atom is -0.314 e. The van der Waals surface area contributed by atoms with Gasteiger partial charge < -0.3 is 5.32 Å². The van der Waals surface area contributed by atoms with Crippen molar-refractivity contribution in [1.82, 2.24) is 5.32 Å². The van der Waals surface area contributed by atoms with Crippen molar-refractivity contribution in [3.05, 3.63) is 33.8 Å². The maximum Gasteiger partial charge on any atom is 0.0595 e. The molecule has 1 saturated carbocycles. The first-order valence-electron chi connectivity index (χ1n) is 7.86. The zero-order valence-corrected chi connectivity index (χ0v) is 13.8. The largest absolute Gasteiger partial charge is 0.314 e. The first-order valence-corrected chi connectivity index (χ1v) is 8.62. The Kier molecular flexibility index (Phi) is 6.67. The van der Waals surface area contributed by atoms with E-state index in [1.165, 1.54) is 44.1 Å². The predicted molar refractivity (Wildman–Crippen MR) is 88.8 cm³/mol. The topological polar surface area (TPSA) is 12.0 Å². The van der Waals surface area contributed by atoms with Crippen LogP contribution in [0.2, 0.25) is 10.0 Å². The monoisotopic (exact) mass is 313 g/mol. The molecule has 0 radical (unpaired) electrons. The van der Waals surface area contributed by atoms with Gasteiger partial charge in [-0.2, -0.15) is 0 Å². The summed E-state index contributed by atoms with van der Waals surface area (Å²) in [4.78, 5) is 0. The zero-order chi connectivity index (χ0) is 14.4. The molecule has 3 heteroatoms. The van der Waals surface area contributed by atoms with Gasteiger partial charge in [0.25, 0.3) is 0 Å². The lowest BCUT2D eigenvalue weighted by molar-refractivity contribution is 0.384. The Hall–Kier alpha value is -0.240. The quantitative estimate of drug-likeness (QED) is 0.709. The van der Waals surface area contributed by atoms with Crippen LogP contribution in [0.25, 0.3) is 0 Å². The van der Waals surface area contributed by atoms with Crippen LogP contribution in [0.1, 0.15) is 51.0 Å². The summed E-state index contributed by atoms with van der Waals surface area (Å²) >= 11 is 12.1. The highest BCUT2D eigenvalue weighted by atomic mass is 35.5. The number of hydrogen-bond donors (Lipinski definition) is 1. The second-order valence-electron chi connectivity index (χ2n) is 5.99. The minimum atomic E-state index is 0.652. The second-order valence-corrected chi connectivity index (χ2v) is 6.80. The molecule has 0 aliphatic heterocycles. The van der Waals surface area contributed by atoms with E-state index in [4.69, 9.17) is 23.2 Å². The molecule has 0 aromatic heterocycles. The number of hydrogen-bond acceptors (Lipinski definition) is 1. The molecule has 0 spiro atoms. The lowest BCUT2D eigenvalue weighted by atomic mass is 9.91. The van der Waals surface area contributed by atoms with Crippen LogP contribution in [0, 0.1) is 5.92 Å². The van der Waals surface area contributed by atoms with Crippen molar-refractivity contribution in [2.45, 2.75) is 57.9 Å². The number of halogens is 2. The van der Waals surface area contributed by atoms with Crippen LogP contribution in [-0.2, 0) is 6.42 Å². The van der Waals surface area contributed by atoms with E-state index < -0.39 is 0 Å². The zero-order valence-electron chi connectivity index (χ0n) is 12.3. The molecule has 1 aromatic carbocycles. The van der Waals surface area contributed by atoms with E-state index in [9.17, 15) is 0 Å². The average molecular weight is 314 g/mol. The maximum atomic E-state index is 6.12. The lowest BCUT2D eigenvalue weighted by Gasteiger charge is -2.21. The standard InChI is InChI=1S/C17H25Cl2N/c1-2-9-20-15-6-4-3-5-13(11-15)10-14-7-8-16(18)17(19)12-14/h7-8,12-13,15,20H,2-6,9-11H2,1H3. The molecule has 20 heavy (non-hydrogen) atoms. The van der Waals surface area contributed by atoms with Crippen LogP contribution in [0.5, 0.6) is 0 Å². The summed E-state index contributed by atoms with van der Waals surface area (Å²) in [5.41, 5.74) is 1.32. The van der Waals surface area contributed by atoms with Crippen molar-refractivity contribution in [2.24, 2.45) is 5.92 Å². The molecular formula is C17H25Cl2N. The van der Waals surface area contributed by atoms with Gasteiger partial charge in [0.2, 0.25) is 0 Å². The van der Waals surface area contributed by atoms with E-state index >= 15 is 0 Å². The fourth-order valence-electron chi connectivity index (χ4n) is 3.18. The van der Waals surface area contributed by atoms with Gasteiger partial charge >= 0.3 is 0 Å². The highest BCUT2D eigenvalue weighted by Gasteiger charge is 2.20. The molecule has 1 fully saturated rings. The van der Waals surface area contributed by atoms with Crippen LogP contribution in [0.3, 0.4) is 0 Å². The molecule has 1 aliphatic rings. The van der Waals surface area contributed by atoms with E-state index in [1.807, 2.05) is 12.1 Å². The Balaban J connectivity index is 1.94. The summed E-state index contributed by atoms with van der Waals surface area (Å²) in [5, 5.41) is 5.03. The molecule has 2 rings (SSSR count). The molecule has 1 aliphatic carbocycles. The highest BCUT2D eigenvalue weighted by Crippen LogP contribution is 2.29. The van der Waals surface area contributed by atoms with Crippen molar-refractivity contribution in [1.29, 1.82) is 0 Å². The van der Waals surface area contributed by atoms with Crippen LogP contribution >= 0.6 is 23.2 Å². The smallest absolute Gasteiger partial charge is 0.0595 e. The highest BCUT2D eigenvalue weighted by molar-refractivity contribution is 6.42. The fraction of sp³-hybridized carbons (Fsp3) is 0.647. The first kappa shape index (κ1) is 16.1. The predicted octanol–water partition coefficient (Wildman–Crippen LogP) is 5.48. The average Bonchev–Trinajstić information content (AvgIpc) is 2.66. The Morgan fingerprint density at radius 2 is 1.95 bits per heavy atom.